The summed E-state index contributed by atoms with van der Waals surface area (Å²) in [5.74, 6) is 0. The third-order valence-electron chi connectivity index (χ3n) is 1.75. The third-order valence-corrected chi connectivity index (χ3v) is 3.00. The van der Waals surface area contributed by atoms with E-state index in [2.05, 4.69) is 63.4 Å². The largest absolute Gasteiger partial charge is 0.396 e. The number of rotatable bonds is 3. The topological polar surface area (TPSA) is 46.2 Å². The molecule has 72 valence electrons. The summed E-state index contributed by atoms with van der Waals surface area (Å²) in [6.45, 7) is 0.142. The van der Waals surface area contributed by atoms with Gasteiger partial charge in [0.25, 0.3) is 0 Å². The van der Waals surface area contributed by atoms with Crippen molar-refractivity contribution in [1.29, 1.82) is 0 Å². The third kappa shape index (κ3) is 3.69. The zero-order valence-electron chi connectivity index (χ0n) is 7.00. The standard InChI is InChI=1S/C9H11I2NO/c10-7-3-6(4-8(11)5-7)9(12)1-2-13/h3-5,9,13H,1-2,12H2. The molecule has 0 heterocycles. The van der Waals surface area contributed by atoms with Crippen LogP contribution in [0.5, 0.6) is 0 Å². The molecule has 1 atom stereocenters. The van der Waals surface area contributed by atoms with Crippen LogP contribution in [0.15, 0.2) is 18.2 Å². The molecule has 0 aliphatic rings. The average Bonchev–Trinajstić information content (AvgIpc) is 2.03. The van der Waals surface area contributed by atoms with Crippen molar-refractivity contribution >= 4 is 45.2 Å². The van der Waals surface area contributed by atoms with Gasteiger partial charge >= 0.3 is 0 Å². The molecular formula is C9H11I2NO. The molecule has 0 amide bonds. The van der Waals surface area contributed by atoms with Crippen LogP contribution < -0.4 is 5.73 Å². The van der Waals surface area contributed by atoms with Crippen LogP contribution in [0.3, 0.4) is 0 Å². The predicted octanol–water partition coefficient (Wildman–Crippen LogP) is 2.28. The number of benzene rings is 1. The van der Waals surface area contributed by atoms with Crippen molar-refractivity contribution in [2.45, 2.75) is 12.5 Å². The first kappa shape index (κ1) is 11.7. The molecule has 0 aromatic heterocycles. The quantitative estimate of drug-likeness (QED) is 0.762. The van der Waals surface area contributed by atoms with Gasteiger partial charge in [0, 0.05) is 19.8 Å². The number of hydrogen-bond acceptors (Lipinski definition) is 2. The van der Waals surface area contributed by atoms with E-state index < -0.39 is 0 Å². The Kier molecular flexibility index (Phi) is 4.91. The second-order valence-electron chi connectivity index (χ2n) is 2.82. The second kappa shape index (κ2) is 5.47. The van der Waals surface area contributed by atoms with Crippen LogP contribution in [0.1, 0.15) is 18.0 Å². The van der Waals surface area contributed by atoms with Crippen LogP contribution in [0.2, 0.25) is 0 Å². The van der Waals surface area contributed by atoms with Gasteiger partial charge in [-0.05, 0) is 75.4 Å². The van der Waals surface area contributed by atoms with Crippen molar-refractivity contribution < 1.29 is 5.11 Å². The maximum absolute atomic E-state index is 8.75. The lowest BCUT2D eigenvalue weighted by molar-refractivity contribution is 0.276. The number of aliphatic hydroxyl groups is 1. The first-order chi connectivity index (χ1) is 6.13. The fraction of sp³-hybridized carbons (Fsp3) is 0.333. The van der Waals surface area contributed by atoms with Gasteiger partial charge in [-0.3, -0.25) is 0 Å². The van der Waals surface area contributed by atoms with Crippen LogP contribution in [0.25, 0.3) is 0 Å². The van der Waals surface area contributed by atoms with Gasteiger partial charge in [-0.2, -0.15) is 0 Å². The second-order valence-corrected chi connectivity index (χ2v) is 5.31. The maximum Gasteiger partial charge on any atom is 0.0449 e. The summed E-state index contributed by atoms with van der Waals surface area (Å²) in [6, 6.07) is 6.16. The van der Waals surface area contributed by atoms with Crippen LogP contribution in [0, 0.1) is 7.14 Å². The van der Waals surface area contributed by atoms with Crippen molar-refractivity contribution in [2.24, 2.45) is 5.73 Å². The molecule has 0 saturated carbocycles. The van der Waals surface area contributed by atoms with Crippen LogP contribution >= 0.6 is 45.2 Å². The van der Waals surface area contributed by atoms with E-state index in [1.54, 1.807) is 0 Å². The molecule has 13 heavy (non-hydrogen) atoms. The van der Waals surface area contributed by atoms with Crippen LogP contribution in [-0.4, -0.2) is 11.7 Å². The van der Waals surface area contributed by atoms with Gasteiger partial charge in [-0.15, -0.1) is 0 Å². The van der Waals surface area contributed by atoms with Gasteiger partial charge in [-0.1, -0.05) is 0 Å². The van der Waals surface area contributed by atoms with Crippen molar-refractivity contribution in [3.8, 4) is 0 Å². The number of hydrogen-bond donors (Lipinski definition) is 2. The summed E-state index contributed by atoms with van der Waals surface area (Å²) < 4.78 is 2.38. The molecule has 2 nitrogen and oxygen atoms in total. The van der Waals surface area contributed by atoms with Gasteiger partial charge in [0.05, 0.1) is 0 Å². The fourth-order valence-corrected chi connectivity index (χ4v) is 3.08. The molecule has 0 spiro atoms. The van der Waals surface area contributed by atoms with Crippen LogP contribution in [0.4, 0.5) is 0 Å². The summed E-state index contributed by atoms with van der Waals surface area (Å²) in [6.07, 6.45) is 0.621. The Labute approximate surface area is 105 Å². The average molecular weight is 403 g/mol. The Hall–Kier alpha value is 0.600. The Morgan fingerprint density at radius 2 is 1.77 bits per heavy atom. The molecule has 0 radical (unpaired) electrons. The van der Waals surface area contributed by atoms with E-state index in [-0.39, 0.29) is 12.6 Å². The maximum atomic E-state index is 8.75. The SMILES string of the molecule is NC(CCO)c1cc(I)cc(I)c1. The van der Waals surface area contributed by atoms with Crippen molar-refractivity contribution in [3.63, 3.8) is 0 Å². The summed E-state index contributed by atoms with van der Waals surface area (Å²) in [7, 11) is 0. The number of aliphatic hydroxyl groups excluding tert-OH is 1. The normalized spacial score (nSPS) is 12.9. The molecule has 1 aromatic rings. The lowest BCUT2D eigenvalue weighted by atomic mass is 10.1. The van der Waals surface area contributed by atoms with Crippen LogP contribution in [-0.2, 0) is 0 Å². The van der Waals surface area contributed by atoms with E-state index in [1.807, 2.05) is 0 Å². The molecule has 0 aliphatic carbocycles. The predicted molar refractivity (Wildman–Crippen MR) is 70.5 cm³/mol. The highest BCUT2D eigenvalue weighted by Crippen LogP contribution is 2.20. The minimum atomic E-state index is -0.0479. The number of nitrogens with two attached hydrogens (primary N) is 1. The van der Waals surface area contributed by atoms with Crippen molar-refractivity contribution in [3.05, 3.63) is 30.9 Å². The van der Waals surface area contributed by atoms with E-state index in [9.17, 15) is 0 Å². The van der Waals surface area contributed by atoms with E-state index >= 15 is 0 Å². The molecule has 0 aliphatic heterocycles. The summed E-state index contributed by atoms with van der Waals surface area (Å²) in [5, 5.41) is 8.75. The first-order valence-electron chi connectivity index (χ1n) is 3.96. The van der Waals surface area contributed by atoms with Gasteiger partial charge in [-0.25, -0.2) is 0 Å². The lowest BCUT2D eigenvalue weighted by Crippen LogP contribution is -2.12. The Bertz CT molecular complexity index is 271. The Morgan fingerprint density at radius 1 is 1.23 bits per heavy atom. The van der Waals surface area contributed by atoms with Gasteiger partial charge in [0.2, 0.25) is 0 Å². The molecule has 1 unspecified atom stereocenters. The minimum Gasteiger partial charge on any atom is -0.396 e. The highest BCUT2D eigenvalue weighted by Gasteiger charge is 2.06. The smallest absolute Gasteiger partial charge is 0.0449 e. The lowest BCUT2D eigenvalue weighted by Gasteiger charge is -2.11. The Morgan fingerprint density at radius 3 is 2.23 bits per heavy atom. The first-order valence-corrected chi connectivity index (χ1v) is 6.11. The minimum absolute atomic E-state index is 0.0479. The van der Waals surface area contributed by atoms with Gasteiger partial charge in [0.15, 0.2) is 0 Å². The monoisotopic (exact) mass is 403 g/mol. The highest BCUT2D eigenvalue weighted by atomic mass is 127. The Balaban J connectivity index is 2.87. The van der Waals surface area contributed by atoms with Crippen molar-refractivity contribution in [2.75, 3.05) is 6.61 Å². The van der Waals surface area contributed by atoms with Gasteiger partial charge < -0.3 is 10.8 Å². The number of halogens is 2. The molecule has 1 rings (SSSR count). The van der Waals surface area contributed by atoms with Crippen molar-refractivity contribution in [1.82, 2.24) is 0 Å². The summed E-state index contributed by atoms with van der Waals surface area (Å²) in [5.41, 5.74) is 6.98. The molecule has 4 heteroatoms. The molecule has 1 aromatic carbocycles. The molecule has 3 N–H and O–H groups in total. The highest BCUT2D eigenvalue weighted by molar-refractivity contribution is 14.1. The summed E-state index contributed by atoms with van der Waals surface area (Å²) in [4.78, 5) is 0. The van der Waals surface area contributed by atoms with E-state index in [0.29, 0.717) is 6.42 Å². The van der Waals surface area contributed by atoms with Gasteiger partial charge in [0.1, 0.15) is 0 Å². The molecule has 0 fully saturated rings. The van der Waals surface area contributed by atoms with E-state index in [1.165, 1.54) is 7.14 Å². The fourth-order valence-electron chi connectivity index (χ4n) is 1.09. The summed E-state index contributed by atoms with van der Waals surface area (Å²) >= 11 is 4.54. The van der Waals surface area contributed by atoms with E-state index in [4.69, 9.17) is 10.8 Å². The van der Waals surface area contributed by atoms with E-state index in [0.717, 1.165) is 5.56 Å². The molecule has 0 saturated heterocycles. The zero-order chi connectivity index (χ0) is 9.84. The molecule has 0 bridgehead atoms. The molecular weight excluding hydrogens is 392 g/mol. The zero-order valence-corrected chi connectivity index (χ0v) is 11.3.